The van der Waals surface area contributed by atoms with Crippen LogP contribution >= 0.6 is 0 Å². The van der Waals surface area contributed by atoms with E-state index < -0.39 is 5.97 Å². The lowest BCUT2D eigenvalue weighted by atomic mass is 10.2. The third-order valence-electron chi connectivity index (χ3n) is 1.43. The Morgan fingerprint density at radius 2 is 1.79 bits per heavy atom. The molecule has 0 fully saturated rings. The fourth-order valence-electron chi connectivity index (χ4n) is 0.628. The number of esters is 1. The van der Waals surface area contributed by atoms with E-state index in [-0.39, 0.29) is 11.5 Å². The van der Waals surface area contributed by atoms with Crippen LogP contribution in [0.1, 0.15) is 20.8 Å². The van der Waals surface area contributed by atoms with Gasteiger partial charge in [0.05, 0.1) is 5.70 Å². The second-order valence-electron chi connectivity index (χ2n) is 3.08. The summed E-state index contributed by atoms with van der Waals surface area (Å²) in [7, 11) is 0. The summed E-state index contributed by atoms with van der Waals surface area (Å²) in [5.41, 5.74) is 12.7. The van der Waals surface area contributed by atoms with E-state index in [0.717, 1.165) is 5.57 Å². The quantitative estimate of drug-likeness (QED) is 0.403. The Kier molecular flexibility index (Phi) is 4.49. The molecule has 4 N–H and O–H groups in total. The van der Waals surface area contributed by atoms with Crippen molar-refractivity contribution in [3.63, 3.8) is 0 Å². The second kappa shape index (κ2) is 5.11. The zero-order valence-electron chi connectivity index (χ0n) is 8.76. The van der Waals surface area contributed by atoms with E-state index in [4.69, 9.17) is 16.2 Å². The highest BCUT2D eigenvalue weighted by molar-refractivity contribution is 5.68. The standard InChI is InChI=1S/C10H16N2O2/c1-6(2)9(12)5-10(7(3)11)14-8(4)13/h5H,3,11-12H2,1-2,4H3/b10-5+. The van der Waals surface area contributed by atoms with Crippen LogP contribution in [-0.2, 0) is 9.53 Å². The molecule has 0 unspecified atom stereocenters. The lowest BCUT2D eigenvalue weighted by molar-refractivity contribution is -0.136. The lowest BCUT2D eigenvalue weighted by Crippen LogP contribution is -2.09. The minimum atomic E-state index is -0.454. The van der Waals surface area contributed by atoms with Gasteiger partial charge in [0.1, 0.15) is 0 Å². The SMILES string of the molecule is C=C(N)/C(=C\C(N)=C(C)C)OC(C)=O. The summed E-state index contributed by atoms with van der Waals surface area (Å²) in [6, 6.07) is 0. The zero-order valence-corrected chi connectivity index (χ0v) is 8.76. The van der Waals surface area contributed by atoms with E-state index in [1.54, 1.807) is 0 Å². The number of hydrogen-bond acceptors (Lipinski definition) is 4. The number of nitrogens with two attached hydrogens (primary N) is 2. The largest absolute Gasteiger partial charge is 0.424 e. The third kappa shape index (κ3) is 4.35. The Morgan fingerprint density at radius 1 is 1.29 bits per heavy atom. The van der Waals surface area contributed by atoms with Gasteiger partial charge < -0.3 is 16.2 Å². The van der Waals surface area contributed by atoms with Gasteiger partial charge in [0.25, 0.3) is 0 Å². The van der Waals surface area contributed by atoms with Crippen molar-refractivity contribution in [1.29, 1.82) is 0 Å². The van der Waals surface area contributed by atoms with Gasteiger partial charge in [-0.1, -0.05) is 12.2 Å². The Bertz CT molecular complexity index is 310. The smallest absolute Gasteiger partial charge is 0.308 e. The molecular formula is C10H16N2O2. The van der Waals surface area contributed by atoms with Crippen molar-refractivity contribution in [3.8, 4) is 0 Å². The van der Waals surface area contributed by atoms with E-state index in [0.29, 0.717) is 5.70 Å². The van der Waals surface area contributed by atoms with Crippen LogP contribution < -0.4 is 11.5 Å². The molecule has 0 aromatic heterocycles. The van der Waals surface area contributed by atoms with E-state index in [1.165, 1.54) is 13.0 Å². The fraction of sp³-hybridized carbons (Fsp3) is 0.300. The first-order valence-corrected chi connectivity index (χ1v) is 4.12. The maximum absolute atomic E-state index is 10.7. The maximum Gasteiger partial charge on any atom is 0.308 e. The van der Waals surface area contributed by atoms with Gasteiger partial charge >= 0.3 is 5.97 Å². The Morgan fingerprint density at radius 3 is 2.07 bits per heavy atom. The van der Waals surface area contributed by atoms with Crippen LogP contribution in [0.3, 0.4) is 0 Å². The molecule has 0 aliphatic rings. The molecule has 0 atom stereocenters. The van der Waals surface area contributed by atoms with Crippen LogP contribution in [0.2, 0.25) is 0 Å². The van der Waals surface area contributed by atoms with Crippen LogP contribution in [0.15, 0.2) is 35.4 Å². The summed E-state index contributed by atoms with van der Waals surface area (Å²) in [6.45, 7) is 8.45. The molecule has 0 aliphatic carbocycles. The molecule has 4 heteroatoms. The predicted molar refractivity (Wildman–Crippen MR) is 55.7 cm³/mol. The van der Waals surface area contributed by atoms with Crippen LogP contribution in [0.5, 0.6) is 0 Å². The molecule has 0 rings (SSSR count). The van der Waals surface area contributed by atoms with Crippen molar-refractivity contribution in [2.45, 2.75) is 20.8 Å². The molecule has 78 valence electrons. The number of allylic oxidation sites excluding steroid dienone is 2. The summed E-state index contributed by atoms with van der Waals surface area (Å²) in [5.74, 6) is -0.263. The van der Waals surface area contributed by atoms with Gasteiger partial charge in [-0.05, 0) is 13.8 Å². The first-order chi connectivity index (χ1) is 6.34. The number of ether oxygens (including phenoxy) is 1. The van der Waals surface area contributed by atoms with Crippen LogP contribution in [0.4, 0.5) is 0 Å². The minimum Gasteiger partial charge on any atom is -0.424 e. The van der Waals surface area contributed by atoms with E-state index >= 15 is 0 Å². The molecule has 0 amide bonds. The first-order valence-electron chi connectivity index (χ1n) is 4.12. The average molecular weight is 196 g/mol. The van der Waals surface area contributed by atoms with Crippen molar-refractivity contribution in [1.82, 2.24) is 0 Å². The molecule has 4 nitrogen and oxygen atoms in total. The topological polar surface area (TPSA) is 78.3 Å². The molecule has 0 aliphatic heterocycles. The fourth-order valence-corrected chi connectivity index (χ4v) is 0.628. The maximum atomic E-state index is 10.7. The van der Waals surface area contributed by atoms with Crippen LogP contribution in [0, 0.1) is 0 Å². The van der Waals surface area contributed by atoms with E-state index in [1.807, 2.05) is 13.8 Å². The summed E-state index contributed by atoms with van der Waals surface area (Å²) in [5, 5.41) is 0. The molecule has 0 aromatic carbocycles. The molecule has 0 saturated heterocycles. The van der Waals surface area contributed by atoms with E-state index in [9.17, 15) is 4.79 Å². The molecule has 0 spiro atoms. The molecule has 0 heterocycles. The Balaban J connectivity index is 4.93. The molecule has 0 saturated carbocycles. The average Bonchev–Trinajstić information content (AvgIpc) is 2.01. The Labute approximate surface area is 83.9 Å². The molecule has 0 bridgehead atoms. The highest BCUT2D eigenvalue weighted by Crippen LogP contribution is 2.09. The van der Waals surface area contributed by atoms with Gasteiger partial charge in [0, 0.05) is 18.7 Å². The summed E-state index contributed by atoms with van der Waals surface area (Å²) in [4.78, 5) is 10.7. The number of carbonyl (C=O) groups excluding carboxylic acids is 1. The van der Waals surface area contributed by atoms with Crippen LogP contribution in [0.25, 0.3) is 0 Å². The van der Waals surface area contributed by atoms with Crippen molar-refractivity contribution < 1.29 is 9.53 Å². The molecule has 14 heavy (non-hydrogen) atoms. The summed E-state index contributed by atoms with van der Waals surface area (Å²) < 4.78 is 4.82. The second-order valence-corrected chi connectivity index (χ2v) is 3.08. The van der Waals surface area contributed by atoms with Gasteiger partial charge in [-0.3, -0.25) is 4.79 Å². The molecular weight excluding hydrogens is 180 g/mol. The first kappa shape index (κ1) is 12.3. The normalized spacial score (nSPS) is 10.6. The van der Waals surface area contributed by atoms with Gasteiger partial charge in [0.2, 0.25) is 0 Å². The van der Waals surface area contributed by atoms with Gasteiger partial charge in [-0.25, -0.2) is 0 Å². The highest BCUT2D eigenvalue weighted by Gasteiger charge is 2.04. The van der Waals surface area contributed by atoms with Crippen molar-refractivity contribution in [3.05, 3.63) is 35.4 Å². The zero-order chi connectivity index (χ0) is 11.3. The molecule has 0 radical (unpaired) electrons. The Hall–Kier alpha value is -1.71. The monoisotopic (exact) mass is 196 g/mol. The van der Waals surface area contributed by atoms with Crippen molar-refractivity contribution in [2.24, 2.45) is 11.5 Å². The van der Waals surface area contributed by atoms with E-state index in [2.05, 4.69) is 6.58 Å². The predicted octanol–water partition coefficient (Wildman–Crippen LogP) is 1.16. The number of hydrogen-bond donors (Lipinski definition) is 2. The highest BCUT2D eigenvalue weighted by atomic mass is 16.5. The van der Waals surface area contributed by atoms with Crippen molar-refractivity contribution >= 4 is 5.97 Å². The van der Waals surface area contributed by atoms with Crippen LogP contribution in [-0.4, -0.2) is 5.97 Å². The summed E-state index contributed by atoms with van der Waals surface area (Å²) in [6.07, 6.45) is 1.49. The summed E-state index contributed by atoms with van der Waals surface area (Å²) >= 11 is 0. The van der Waals surface area contributed by atoms with Gasteiger partial charge in [0.15, 0.2) is 5.76 Å². The van der Waals surface area contributed by atoms with Crippen molar-refractivity contribution in [2.75, 3.05) is 0 Å². The lowest BCUT2D eigenvalue weighted by Gasteiger charge is -2.06. The molecule has 0 aromatic rings. The van der Waals surface area contributed by atoms with Gasteiger partial charge in [-0.15, -0.1) is 0 Å². The number of rotatable bonds is 3. The van der Waals surface area contributed by atoms with Gasteiger partial charge in [-0.2, -0.15) is 0 Å². The third-order valence-corrected chi connectivity index (χ3v) is 1.43. The number of carbonyl (C=O) groups is 1. The minimum absolute atomic E-state index is 0.171.